The molecule has 0 spiro atoms. The van der Waals surface area contributed by atoms with Crippen LogP contribution in [-0.2, 0) is 31.6 Å². The predicted molar refractivity (Wildman–Crippen MR) is 123 cm³/mol. The average Bonchev–Trinajstić information content (AvgIpc) is 2.98. The van der Waals surface area contributed by atoms with E-state index in [0.29, 0.717) is 30.6 Å². The lowest BCUT2D eigenvalue weighted by Gasteiger charge is -2.31. The Labute approximate surface area is 193 Å². The number of sulfonamides is 1. The predicted octanol–water partition coefficient (Wildman–Crippen LogP) is 2.80. The molecule has 1 atom stereocenters. The molecule has 1 saturated heterocycles. The minimum Gasteiger partial charge on any atom is -0.352 e. The minimum atomic E-state index is -3.83. The zero-order chi connectivity index (χ0) is 24.0. The van der Waals surface area contributed by atoms with Crippen LogP contribution < -0.4 is 10.2 Å². The summed E-state index contributed by atoms with van der Waals surface area (Å²) < 4.78 is 41.2. The molecule has 0 unspecified atom stereocenters. The number of halogens is 1. The summed E-state index contributed by atoms with van der Waals surface area (Å²) in [6.45, 7) is 4.26. The lowest BCUT2D eigenvalue weighted by molar-refractivity contribution is -0.126. The van der Waals surface area contributed by atoms with Crippen molar-refractivity contribution in [1.82, 2.24) is 9.62 Å². The summed E-state index contributed by atoms with van der Waals surface area (Å²) >= 11 is 0. The summed E-state index contributed by atoms with van der Waals surface area (Å²) in [4.78, 5) is 26.9. The first kappa shape index (κ1) is 23.4. The number of nitrogens with one attached hydrogen (secondary N) is 1. The van der Waals surface area contributed by atoms with Crippen molar-refractivity contribution in [1.29, 1.82) is 0 Å². The fourth-order valence-electron chi connectivity index (χ4n) is 4.57. The molecule has 33 heavy (non-hydrogen) atoms. The van der Waals surface area contributed by atoms with E-state index in [0.717, 1.165) is 5.56 Å². The quantitative estimate of drug-likeness (QED) is 0.724. The third-order valence-corrected chi connectivity index (χ3v) is 8.48. The molecule has 9 heteroatoms. The maximum Gasteiger partial charge on any atom is 0.243 e. The molecule has 2 heterocycles. The highest BCUT2D eigenvalue weighted by Gasteiger charge is 2.43. The monoisotopic (exact) mass is 473 g/mol. The van der Waals surface area contributed by atoms with Gasteiger partial charge in [-0.3, -0.25) is 9.59 Å². The third-order valence-electron chi connectivity index (χ3n) is 6.61. The van der Waals surface area contributed by atoms with Gasteiger partial charge < -0.3 is 10.2 Å². The van der Waals surface area contributed by atoms with Gasteiger partial charge in [-0.25, -0.2) is 12.8 Å². The van der Waals surface area contributed by atoms with Crippen LogP contribution in [0.15, 0.2) is 47.4 Å². The van der Waals surface area contributed by atoms with Gasteiger partial charge in [-0.15, -0.1) is 0 Å². The number of carbonyl (C=O) groups excluding carboxylic acids is 2. The van der Waals surface area contributed by atoms with E-state index in [1.54, 1.807) is 50.1 Å². The summed E-state index contributed by atoms with van der Waals surface area (Å²) in [5.74, 6) is -1.11. The van der Waals surface area contributed by atoms with Gasteiger partial charge in [0.25, 0.3) is 0 Å². The molecule has 2 aromatic rings. The van der Waals surface area contributed by atoms with Gasteiger partial charge in [-0.2, -0.15) is 4.31 Å². The Hall–Kier alpha value is -2.78. The van der Waals surface area contributed by atoms with Crippen LogP contribution in [0.4, 0.5) is 10.1 Å². The van der Waals surface area contributed by atoms with E-state index in [2.05, 4.69) is 5.32 Å². The highest BCUT2D eigenvalue weighted by Crippen LogP contribution is 2.42. The highest BCUT2D eigenvalue weighted by atomic mass is 32.2. The second-order valence-electron chi connectivity index (χ2n) is 9.21. The van der Waals surface area contributed by atoms with Crippen molar-refractivity contribution in [2.24, 2.45) is 5.92 Å². The molecular weight excluding hydrogens is 445 g/mol. The van der Waals surface area contributed by atoms with Gasteiger partial charge in [0.15, 0.2) is 0 Å². The number of rotatable bonds is 5. The molecule has 2 amide bonds. The zero-order valence-corrected chi connectivity index (χ0v) is 19.8. The Kier molecular flexibility index (Phi) is 6.05. The van der Waals surface area contributed by atoms with Crippen LogP contribution in [0.25, 0.3) is 0 Å². The number of nitrogens with zero attached hydrogens (tertiary/aromatic N) is 2. The molecule has 7 nitrogen and oxygen atoms in total. The van der Waals surface area contributed by atoms with Crippen LogP contribution in [0.1, 0.15) is 37.8 Å². The number of carbonyl (C=O) groups is 2. The fraction of sp³-hybridized carbons (Fsp3) is 0.417. The number of likely N-dealkylation sites (N-methyl/N-ethyl adjacent to an activating group) is 1. The molecule has 1 N–H and O–H groups in total. The van der Waals surface area contributed by atoms with Gasteiger partial charge in [0.05, 0.1) is 16.2 Å². The van der Waals surface area contributed by atoms with E-state index < -0.39 is 21.4 Å². The Bertz CT molecular complexity index is 1190. The van der Waals surface area contributed by atoms with Crippen molar-refractivity contribution < 1.29 is 22.4 Å². The van der Waals surface area contributed by atoms with Gasteiger partial charge >= 0.3 is 0 Å². The van der Waals surface area contributed by atoms with Crippen molar-refractivity contribution in [3.05, 3.63) is 59.4 Å². The summed E-state index contributed by atoms with van der Waals surface area (Å²) in [6, 6.07) is 10.7. The Morgan fingerprint density at radius 1 is 1.18 bits per heavy atom. The molecule has 2 aromatic carbocycles. The first-order valence-electron chi connectivity index (χ1n) is 11.0. The van der Waals surface area contributed by atoms with Gasteiger partial charge in [-0.1, -0.05) is 12.1 Å². The van der Waals surface area contributed by atoms with Crippen LogP contribution in [0.2, 0.25) is 0 Å². The van der Waals surface area contributed by atoms with Crippen molar-refractivity contribution >= 4 is 27.5 Å². The van der Waals surface area contributed by atoms with Crippen molar-refractivity contribution in [2.45, 2.75) is 43.5 Å². The van der Waals surface area contributed by atoms with Crippen molar-refractivity contribution in [3.8, 4) is 0 Å². The van der Waals surface area contributed by atoms with Crippen LogP contribution in [-0.4, -0.2) is 44.7 Å². The van der Waals surface area contributed by atoms with E-state index in [1.807, 2.05) is 0 Å². The Morgan fingerprint density at radius 2 is 1.88 bits per heavy atom. The topological polar surface area (TPSA) is 86.8 Å². The molecule has 0 aromatic heterocycles. The number of amides is 2. The van der Waals surface area contributed by atoms with Gasteiger partial charge in [0, 0.05) is 32.4 Å². The zero-order valence-electron chi connectivity index (χ0n) is 19.0. The van der Waals surface area contributed by atoms with E-state index in [-0.39, 0.29) is 35.6 Å². The molecule has 0 bridgehead atoms. The number of benzene rings is 2. The lowest BCUT2D eigenvalue weighted by Crippen LogP contribution is -2.45. The molecular formula is C24H28FN3O4S. The Morgan fingerprint density at radius 3 is 2.58 bits per heavy atom. The van der Waals surface area contributed by atoms with E-state index in [9.17, 15) is 22.4 Å². The second-order valence-corrected chi connectivity index (χ2v) is 11.2. The molecule has 2 aliphatic rings. The first-order chi connectivity index (χ1) is 15.5. The molecule has 2 aliphatic heterocycles. The fourth-order valence-corrected chi connectivity index (χ4v) is 6.12. The number of piperidine rings is 1. The minimum absolute atomic E-state index is 0.0806. The van der Waals surface area contributed by atoms with Crippen LogP contribution in [0.3, 0.4) is 0 Å². The Balaban J connectivity index is 1.49. The lowest BCUT2D eigenvalue weighted by atomic mass is 9.86. The second kappa shape index (κ2) is 8.53. The molecule has 0 radical (unpaired) electrons. The molecule has 176 valence electrons. The maximum atomic E-state index is 13.4. The summed E-state index contributed by atoms with van der Waals surface area (Å²) in [6.07, 6.45) is 1.17. The molecule has 4 rings (SSSR count). The number of hydrogen-bond donors (Lipinski definition) is 1. The number of anilines is 1. The van der Waals surface area contributed by atoms with Crippen molar-refractivity contribution in [2.75, 3.05) is 25.0 Å². The van der Waals surface area contributed by atoms with Crippen LogP contribution in [0.5, 0.6) is 0 Å². The first-order valence-corrected chi connectivity index (χ1v) is 12.4. The smallest absolute Gasteiger partial charge is 0.243 e. The van der Waals surface area contributed by atoms with Crippen LogP contribution >= 0.6 is 0 Å². The van der Waals surface area contributed by atoms with Gasteiger partial charge in [0.2, 0.25) is 21.8 Å². The largest absolute Gasteiger partial charge is 0.352 e. The number of hydrogen-bond acceptors (Lipinski definition) is 4. The third kappa shape index (κ3) is 4.27. The highest BCUT2D eigenvalue weighted by molar-refractivity contribution is 7.89. The van der Waals surface area contributed by atoms with Crippen molar-refractivity contribution in [3.63, 3.8) is 0 Å². The molecule has 0 saturated carbocycles. The summed E-state index contributed by atoms with van der Waals surface area (Å²) in [5, 5.41) is 2.83. The van der Waals surface area contributed by atoms with Crippen LogP contribution in [0, 0.1) is 11.7 Å². The SMILES string of the molecule is CN1C(=O)C(C)(C)c2cc(S(=O)(=O)N3CCC[C@H](C(=O)NCc4ccc(F)cc4)C3)ccc21. The normalized spacial score (nSPS) is 20.5. The standard InChI is InChI=1S/C24H28FN3O4S/c1-24(2)20-13-19(10-11-21(20)27(3)23(24)30)33(31,32)28-12-4-5-17(15-28)22(29)26-14-16-6-8-18(25)9-7-16/h6-11,13,17H,4-5,12,14-15H2,1-3H3,(H,26,29)/t17-/m0/s1. The summed E-state index contributed by atoms with van der Waals surface area (Å²) in [5.41, 5.74) is 1.35. The molecule has 1 fully saturated rings. The molecule has 0 aliphatic carbocycles. The van der Waals surface area contributed by atoms with Gasteiger partial charge in [-0.05, 0) is 68.1 Å². The summed E-state index contributed by atoms with van der Waals surface area (Å²) in [7, 11) is -2.14. The van der Waals surface area contributed by atoms with E-state index >= 15 is 0 Å². The average molecular weight is 474 g/mol. The van der Waals surface area contributed by atoms with E-state index in [4.69, 9.17) is 0 Å². The maximum absolute atomic E-state index is 13.4. The van der Waals surface area contributed by atoms with E-state index in [1.165, 1.54) is 22.5 Å². The van der Waals surface area contributed by atoms with Gasteiger partial charge in [0.1, 0.15) is 5.82 Å². The number of fused-ring (bicyclic) bond motifs is 1.